The third kappa shape index (κ3) is 2.52. The highest BCUT2D eigenvalue weighted by atomic mass is 32.2. The van der Waals surface area contributed by atoms with Crippen molar-refractivity contribution >= 4 is 37.3 Å². The van der Waals surface area contributed by atoms with Gasteiger partial charge in [0.2, 0.25) is 0 Å². The third-order valence-corrected chi connectivity index (χ3v) is 5.65. The number of sulfonamides is 1. The number of nitrogens with zero attached hydrogens (tertiary/aromatic N) is 2. The summed E-state index contributed by atoms with van der Waals surface area (Å²) in [7, 11) is -3.65. The maximum absolute atomic E-state index is 12.5. The third-order valence-electron chi connectivity index (χ3n) is 3.08. The van der Waals surface area contributed by atoms with E-state index in [1.165, 1.54) is 11.3 Å². The molecule has 2 aromatic heterocycles. The van der Waals surface area contributed by atoms with Gasteiger partial charge in [-0.15, -0.1) is 11.3 Å². The Morgan fingerprint density at radius 2 is 2.00 bits per heavy atom. The van der Waals surface area contributed by atoms with E-state index in [2.05, 4.69) is 19.9 Å². The van der Waals surface area contributed by atoms with Gasteiger partial charge in [-0.25, -0.2) is 13.4 Å². The molecule has 0 aliphatic heterocycles. The fraction of sp³-hybridized carbons (Fsp3) is 0.231. The molecule has 2 heterocycles. The summed E-state index contributed by atoms with van der Waals surface area (Å²) in [4.78, 5) is 4.55. The van der Waals surface area contributed by atoms with Gasteiger partial charge in [0.15, 0.2) is 0 Å². The van der Waals surface area contributed by atoms with Crippen LogP contribution in [0.3, 0.4) is 0 Å². The molecule has 0 radical (unpaired) electrons. The quantitative estimate of drug-likeness (QED) is 0.776. The molecule has 110 valence electrons. The molecule has 0 saturated carbocycles. The van der Waals surface area contributed by atoms with Crippen LogP contribution in [-0.2, 0) is 10.0 Å². The number of rotatable bonds is 3. The van der Waals surface area contributed by atoms with Crippen molar-refractivity contribution in [3.8, 4) is 0 Å². The van der Waals surface area contributed by atoms with Crippen molar-refractivity contribution in [3.63, 3.8) is 0 Å². The maximum Gasteiger partial charge on any atom is 0.265 e. The van der Waals surface area contributed by atoms with E-state index < -0.39 is 10.0 Å². The van der Waals surface area contributed by atoms with Gasteiger partial charge in [0.1, 0.15) is 4.90 Å². The lowest BCUT2D eigenvalue weighted by molar-refractivity contribution is 0.600. The zero-order valence-corrected chi connectivity index (χ0v) is 13.4. The fourth-order valence-corrected chi connectivity index (χ4v) is 4.54. The predicted molar refractivity (Wildman–Crippen MR) is 83.2 cm³/mol. The summed E-state index contributed by atoms with van der Waals surface area (Å²) in [6.07, 6.45) is 0. The number of aryl methyl sites for hydroxylation is 3. The summed E-state index contributed by atoms with van der Waals surface area (Å²) in [5.41, 5.74) is 2.37. The molecule has 2 N–H and O–H groups in total. The van der Waals surface area contributed by atoms with E-state index in [4.69, 9.17) is 0 Å². The lowest BCUT2D eigenvalue weighted by atomic mass is 10.3. The van der Waals surface area contributed by atoms with Crippen LogP contribution in [0.15, 0.2) is 23.1 Å². The van der Waals surface area contributed by atoms with E-state index >= 15 is 0 Å². The van der Waals surface area contributed by atoms with Crippen molar-refractivity contribution in [1.82, 2.24) is 15.2 Å². The van der Waals surface area contributed by atoms with E-state index in [9.17, 15) is 8.42 Å². The summed E-state index contributed by atoms with van der Waals surface area (Å²) in [6, 6.07) is 5.32. The molecule has 6 nitrogen and oxygen atoms in total. The highest BCUT2D eigenvalue weighted by Gasteiger charge is 2.22. The molecule has 0 aliphatic rings. The molecular weight excluding hydrogens is 308 g/mol. The van der Waals surface area contributed by atoms with E-state index in [0.29, 0.717) is 17.1 Å². The molecule has 0 bridgehead atoms. The van der Waals surface area contributed by atoms with Gasteiger partial charge in [-0.05, 0) is 39.0 Å². The van der Waals surface area contributed by atoms with Gasteiger partial charge in [0.25, 0.3) is 10.0 Å². The number of H-pyrrole nitrogens is 1. The number of thiazole rings is 1. The number of nitrogens with one attached hydrogen (secondary N) is 2. The predicted octanol–water partition coefficient (Wildman–Crippen LogP) is 2.75. The first kappa shape index (κ1) is 14.0. The first-order chi connectivity index (χ1) is 9.87. The summed E-state index contributed by atoms with van der Waals surface area (Å²) < 4.78 is 28.5. The zero-order chi connectivity index (χ0) is 15.2. The Morgan fingerprint density at radius 1 is 1.24 bits per heavy atom. The zero-order valence-electron chi connectivity index (χ0n) is 11.8. The number of anilines is 1. The van der Waals surface area contributed by atoms with Crippen LogP contribution < -0.4 is 4.72 Å². The largest absolute Gasteiger partial charge is 0.281 e. The van der Waals surface area contributed by atoms with Crippen LogP contribution in [0.4, 0.5) is 5.69 Å². The minimum atomic E-state index is -3.65. The standard InChI is InChI=1S/C13H14N4O2S2/c1-7-13(8(2)16-15-7)21(18,19)17-10-4-5-11-12(6-10)20-9(3)14-11/h4-6,17H,1-3H3,(H,15,16). The van der Waals surface area contributed by atoms with Crippen LogP contribution in [0.5, 0.6) is 0 Å². The second-order valence-electron chi connectivity index (χ2n) is 4.78. The van der Waals surface area contributed by atoms with E-state index in [-0.39, 0.29) is 4.90 Å². The molecule has 0 amide bonds. The van der Waals surface area contributed by atoms with Crippen LogP contribution >= 0.6 is 11.3 Å². The summed E-state index contributed by atoms with van der Waals surface area (Å²) in [5.74, 6) is 0. The monoisotopic (exact) mass is 322 g/mol. The number of aromatic nitrogens is 3. The van der Waals surface area contributed by atoms with Gasteiger partial charge < -0.3 is 0 Å². The summed E-state index contributed by atoms with van der Waals surface area (Å²) in [5, 5.41) is 7.56. The van der Waals surface area contributed by atoms with Crippen LogP contribution in [0, 0.1) is 20.8 Å². The lowest BCUT2D eigenvalue weighted by Gasteiger charge is -2.08. The number of aromatic amines is 1. The maximum atomic E-state index is 12.5. The number of hydrogen-bond donors (Lipinski definition) is 2. The lowest BCUT2D eigenvalue weighted by Crippen LogP contribution is -2.14. The van der Waals surface area contributed by atoms with E-state index in [1.807, 2.05) is 13.0 Å². The molecule has 3 aromatic rings. The Hall–Kier alpha value is -1.93. The number of benzene rings is 1. The topological polar surface area (TPSA) is 87.7 Å². The molecule has 0 fully saturated rings. The van der Waals surface area contributed by atoms with Crippen LogP contribution in [0.25, 0.3) is 10.2 Å². The molecule has 21 heavy (non-hydrogen) atoms. The molecule has 0 saturated heterocycles. The SMILES string of the molecule is Cc1nc2ccc(NS(=O)(=O)c3c(C)n[nH]c3C)cc2s1. The molecule has 0 spiro atoms. The van der Waals surface area contributed by atoms with Crippen molar-refractivity contribution in [3.05, 3.63) is 34.6 Å². The Kier molecular flexibility index (Phi) is 3.22. The Morgan fingerprint density at radius 3 is 2.67 bits per heavy atom. The van der Waals surface area contributed by atoms with Crippen molar-refractivity contribution in [2.24, 2.45) is 0 Å². The van der Waals surface area contributed by atoms with Crippen molar-refractivity contribution in [2.75, 3.05) is 4.72 Å². The Balaban J connectivity index is 2.01. The van der Waals surface area contributed by atoms with Gasteiger partial charge >= 0.3 is 0 Å². The van der Waals surface area contributed by atoms with Gasteiger partial charge in [0.05, 0.1) is 32.3 Å². The number of fused-ring (bicyclic) bond motifs is 1. The normalized spacial score (nSPS) is 12.0. The van der Waals surface area contributed by atoms with Crippen LogP contribution in [0.1, 0.15) is 16.4 Å². The highest BCUT2D eigenvalue weighted by molar-refractivity contribution is 7.92. The average Bonchev–Trinajstić information content (AvgIpc) is 2.90. The molecule has 0 aliphatic carbocycles. The van der Waals surface area contributed by atoms with Crippen molar-refractivity contribution in [2.45, 2.75) is 25.7 Å². The second-order valence-corrected chi connectivity index (χ2v) is 7.64. The van der Waals surface area contributed by atoms with Crippen molar-refractivity contribution in [1.29, 1.82) is 0 Å². The molecule has 8 heteroatoms. The van der Waals surface area contributed by atoms with Gasteiger partial charge in [-0.3, -0.25) is 9.82 Å². The van der Waals surface area contributed by atoms with Gasteiger partial charge in [-0.1, -0.05) is 0 Å². The second kappa shape index (κ2) is 4.81. The van der Waals surface area contributed by atoms with E-state index in [1.54, 1.807) is 26.0 Å². The first-order valence-electron chi connectivity index (χ1n) is 6.28. The molecule has 1 aromatic carbocycles. The van der Waals surface area contributed by atoms with Crippen LogP contribution in [0.2, 0.25) is 0 Å². The fourth-order valence-electron chi connectivity index (χ4n) is 2.25. The van der Waals surface area contributed by atoms with Gasteiger partial charge in [0, 0.05) is 0 Å². The smallest absolute Gasteiger partial charge is 0.265 e. The summed E-state index contributed by atoms with van der Waals surface area (Å²) in [6.45, 7) is 5.27. The van der Waals surface area contributed by atoms with Gasteiger partial charge in [-0.2, -0.15) is 5.10 Å². The summed E-state index contributed by atoms with van der Waals surface area (Å²) >= 11 is 1.53. The average molecular weight is 322 g/mol. The van der Waals surface area contributed by atoms with Crippen molar-refractivity contribution < 1.29 is 8.42 Å². The Bertz CT molecular complexity index is 905. The Labute approximate surface area is 126 Å². The molecule has 0 atom stereocenters. The molecule has 0 unspecified atom stereocenters. The molecular formula is C13H14N4O2S2. The van der Waals surface area contributed by atoms with Crippen LogP contribution in [-0.4, -0.2) is 23.6 Å². The highest BCUT2D eigenvalue weighted by Crippen LogP contribution is 2.27. The minimum Gasteiger partial charge on any atom is -0.281 e. The van der Waals surface area contributed by atoms with E-state index in [0.717, 1.165) is 15.2 Å². The minimum absolute atomic E-state index is 0.197. The first-order valence-corrected chi connectivity index (χ1v) is 8.58. The molecule has 3 rings (SSSR count). The number of hydrogen-bond acceptors (Lipinski definition) is 5.